The molecule has 1 aliphatic rings. The number of hydrogen-bond acceptors (Lipinski definition) is 4. The van der Waals surface area contributed by atoms with E-state index in [2.05, 4.69) is 23.3 Å². The molecule has 2 heterocycles. The van der Waals surface area contributed by atoms with E-state index in [9.17, 15) is 9.90 Å². The molecule has 5 heteroatoms. The number of carboxylic acid groups (broad SMARTS) is 1. The molecule has 0 radical (unpaired) electrons. The lowest BCUT2D eigenvalue weighted by atomic mass is 9.92. The van der Waals surface area contributed by atoms with Gasteiger partial charge >= 0.3 is 5.97 Å². The lowest BCUT2D eigenvalue weighted by Crippen LogP contribution is -2.48. The van der Waals surface area contributed by atoms with Gasteiger partial charge < -0.3 is 10.2 Å². The van der Waals surface area contributed by atoms with E-state index in [0.29, 0.717) is 25.9 Å². The molecular weight excluding hydrogens is 238 g/mol. The van der Waals surface area contributed by atoms with E-state index in [1.807, 2.05) is 0 Å². The quantitative estimate of drug-likeness (QED) is 0.858. The highest BCUT2D eigenvalue weighted by atomic mass is 32.1. The van der Waals surface area contributed by atoms with Gasteiger partial charge in [-0.15, -0.1) is 11.3 Å². The molecule has 0 amide bonds. The number of likely N-dealkylation sites (tertiary alicyclic amines) is 1. The number of aryl methyl sites for hydroxylation is 1. The summed E-state index contributed by atoms with van der Waals surface area (Å²) in [5, 5.41) is 20.8. The Hall–Kier alpha value is -0.910. The second-order valence-electron chi connectivity index (χ2n) is 4.70. The van der Waals surface area contributed by atoms with Crippen molar-refractivity contribution in [1.29, 1.82) is 0 Å². The van der Waals surface area contributed by atoms with Crippen LogP contribution >= 0.6 is 11.3 Å². The van der Waals surface area contributed by atoms with E-state index < -0.39 is 11.6 Å². The fourth-order valence-corrected chi connectivity index (χ4v) is 3.01. The average molecular weight is 255 g/mol. The van der Waals surface area contributed by atoms with Crippen molar-refractivity contribution in [3.8, 4) is 0 Å². The summed E-state index contributed by atoms with van der Waals surface area (Å²) in [5.74, 6) is -1.09. The van der Waals surface area contributed by atoms with Crippen molar-refractivity contribution < 1.29 is 15.0 Å². The summed E-state index contributed by atoms with van der Waals surface area (Å²) in [7, 11) is 0. The Kier molecular flexibility index (Phi) is 3.51. The third kappa shape index (κ3) is 2.86. The van der Waals surface area contributed by atoms with Crippen LogP contribution in [0.2, 0.25) is 0 Å². The van der Waals surface area contributed by atoms with Crippen LogP contribution in [-0.2, 0) is 11.3 Å². The van der Waals surface area contributed by atoms with Gasteiger partial charge in [0.25, 0.3) is 0 Å². The summed E-state index contributed by atoms with van der Waals surface area (Å²) in [4.78, 5) is 14.4. The van der Waals surface area contributed by atoms with Crippen molar-refractivity contribution in [2.24, 2.45) is 0 Å². The van der Waals surface area contributed by atoms with Crippen LogP contribution in [0.15, 0.2) is 11.4 Å². The molecule has 94 valence electrons. The number of nitrogens with zero attached hydrogens (tertiary/aromatic N) is 1. The van der Waals surface area contributed by atoms with Gasteiger partial charge in [-0.1, -0.05) is 0 Å². The molecule has 17 heavy (non-hydrogen) atoms. The second kappa shape index (κ2) is 4.76. The Balaban J connectivity index is 1.89. The van der Waals surface area contributed by atoms with Gasteiger partial charge in [0.2, 0.25) is 0 Å². The van der Waals surface area contributed by atoms with E-state index in [0.717, 1.165) is 6.54 Å². The smallest absolute Gasteiger partial charge is 0.335 e. The van der Waals surface area contributed by atoms with Crippen molar-refractivity contribution >= 4 is 17.3 Å². The van der Waals surface area contributed by atoms with E-state index in [1.165, 1.54) is 10.4 Å². The third-order valence-corrected chi connectivity index (χ3v) is 4.28. The number of aliphatic carboxylic acids is 1. The van der Waals surface area contributed by atoms with Crippen LogP contribution in [0.4, 0.5) is 0 Å². The van der Waals surface area contributed by atoms with Crippen molar-refractivity contribution in [2.75, 3.05) is 13.1 Å². The number of carboxylic acids is 1. The second-order valence-corrected chi connectivity index (χ2v) is 5.70. The van der Waals surface area contributed by atoms with Crippen molar-refractivity contribution in [1.82, 2.24) is 4.90 Å². The monoisotopic (exact) mass is 255 g/mol. The van der Waals surface area contributed by atoms with E-state index >= 15 is 0 Å². The first-order valence-electron chi connectivity index (χ1n) is 5.72. The van der Waals surface area contributed by atoms with Gasteiger partial charge in [0.05, 0.1) is 0 Å². The maximum absolute atomic E-state index is 10.9. The maximum Gasteiger partial charge on any atom is 0.335 e. The Labute approximate surface area is 104 Å². The van der Waals surface area contributed by atoms with Crippen LogP contribution in [0.5, 0.6) is 0 Å². The first kappa shape index (κ1) is 12.5. The highest BCUT2D eigenvalue weighted by Gasteiger charge is 2.39. The first-order valence-corrected chi connectivity index (χ1v) is 6.60. The Morgan fingerprint density at radius 2 is 2.18 bits per heavy atom. The molecule has 2 N–H and O–H groups in total. The SMILES string of the molecule is Cc1csc(CN2CCC(O)(C(=O)O)CC2)c1. The lowest BCUT2D eigenvalue weighted by Gasteiger charge is -2.35. The van der Waals surface area contributed by atoms with Crippen LogP contribution in [0.25, 0.3) is 0 Å². The number of carbonyl (C=O) groups is 1. The van der Waals surface area contributed by atoms with Crippen LogP contribution < -0.4 is 0 Å². The Bertz CT molecular complexity index is 408. The fraction of sp³-hybridized carbons (Fsp3) is 0.583. The van der Waals surface area contributed by atoms with Crippen LogP contribution in [-0.4, -0.2) is 39.8 Å². The van der Waals surface area contributed by atoms with Crippen molar-refractivity contribution in [3.05, 3.63) is 21.9 Å². The molecule has 1 saturated heterocycles. The minimum absolute atomic E-state index is 0.312. The molecule has 0 spiro atoms. The van der Waals surface area contributed by atoms with E-state index in [4.69, 9.17) is 5.11 Å². The van der Waals surface area contributed by atoms with E-state index in [1.54, 1.807) is 11.3 Å². The summed E-state index contributed by atoms with van der Waals surface area (Å²) in [5.41, 5.74) is -0.244. The molecule has 1 fully saturated rings. The predicted octanol–water partition coefficient (Wildman–Crippen LogP) is 1.47. The van der Waals surface area contributed by atoms with Crippen molar-refractivity contribution in [2.45, 2.75) is 31.9 Å². The Morgan fingerprint density at radius 1 is 1.53 bits per heavy atom. The molecule has 0 unspecified atom stereocenters. The topological polar surface area (TPSA) is 60.8 Å². The molecule has 1 aromatic heterocycles. The molecule has 1 aliphatic heterocycles. The van der Waals surface area contributed by atoms with Gasteiger partial charge in [0.1, 0.15) is 0 Å². The van der Waals surface area contributed by atoms with Gasteiger partial charge in [0.15, 0.2) is 5.60 Å². The standard InChI is InChI=1S/C12H17NO3S/c1-9-6-10(17-8-9)7-13-4-2-12(16,3-5-13)11(14)15/h6,8,16H,2-5,7H2,1H3,(H,14,15). The summed E-state index contributed by atoms with van der Waals surface area (Å²) in [6, 6.07) is 2.16. The number of piperidine rings is 1. The number of aliphatic hydroxyl groups is 1. The number of hydrogen-bond donors (Lipinski definition) is 2. The maximum atomic E-state index is 10.9. The molecule has 0 saturated carbocycles. The first-order chi connectivity index (χ1) is 7.99. The van der Waals surface area contributed by atoms with Gasteiger partial charge in [-0.05, 0) is 36.8 Å². The van der Waals surface area contributed by atoms with Gasteiger partial charge in [0, 0.05) is 24.5 Å². The van der Waals surface area contributed by atoms with Gasteiger partial charge in [-0.3, -0.25) is 4.90 Å². The molecule has 0 aromatic carbocycles. The lowest BCUT2D eigenvalue weighted by molar-refractivity contribution is -0.163. The zero-order valence-electron chi connectivity index (χ0n) is 9.85. The molecule has 4 nitrogen and oxygen atoms in total. The van der Waals surface area contributed by atoms with Crippen molar-refractivity contribution in [3.63, 3.8) is 0 Å². The third-order valence-electron chi connectivity index (χ3n) is 3.25. The average Bonchev–Trinajstić information content (AvgIpc) is 2.67. The normalized spacial score (nSPS) is 20.4. The summed E-state index contributed by atoms with van der Waals surface area (Å²) >= 11 is 1.73. The number of rotatable bonds is 3. The molecule has 0 bridgehead atoms. The Morgan fingerprint density at radius 3 is 2.65 bits per heavy atom. The van der Waals surface area contributed by atoms with Crippen LogP contribution in [0.3, 0.4) is 0 Å². The summed E-state index contributed by atoms with van der Waals surface area (Å²) < 4.78 is 0. The van der Waals surface area contributed by atoms with Gasteiger partial charge in [-0.25, -0.2) is 4.79 Å². The molecule has 1 aromatic rings. The minimum atomic E-state index is -1.51. The zero-order chi connectivity index (χ0) is 12.5. The highest BCUT2D eigenvalue weighted by molar-refractivity contribution is 7.10. The zero-order valence-corrected chi connectivity index (χ0v) is 10.7. The largest absolute Gasteiger partial charge is 0.479 e. The summed E-state index contributed by atoms with van der Waals surface area (Å²) in [6.07, 6.45) is 0.624. The molecular formula is C12H17NO3S. The van der Waals surface area contributed by atoms with Crippen LogP contribution in [0, 0.1) is 6.92 Å². The minimum Gasteiger partial charge on any atom is -0.479 e. The van der Waals surface area contributed by atoms with Gasteiger partial charge in [-0.2, -0.15) is 0 Å². The molecule has 0 atom stereocenters. The van der Waals surface area contributed by atoms with Crippen LogP contribution in [0.1, 0.15) is 23.3 Å². The predicted molar refractivity (Wildman–Crippen MR) is 66.2 cm³/mol. The molecule has 0 aliphatic carbocycles. The number of thiophene rings is 1. The highest BCUT2D eigenvalue weighted by Crippen LogP contribution is 2.24. The fourth-order valence-electron chi connectivity index (χ4n) is 2.09. The summed E-state index contributed by atoms with van der Waals surface area (Å²) in [6.45, 7) is 4.20. The molecule has 2 rings (SSSR count). The van der Waals surface area contributed by atoms with E-state index in [-0.39, 0.29) is 0 Å².